The Morgan fingerprint density at radius 3 is 1.12 bits per heavy atom. The van der Waals surface area contributed by atoms with Gasteiger partial charge in [0, 0.05) is 25.4 Å². The lowest BCUT2D eigenvalue weighted by Crippen LogP contribution is -2.39. The molecule has 0 fully saturated rings. The van der Waals surface area contributed by atoms with Gasteiger partial charge in [-0.25, -0.2) is 0 Å². The maximum atomic E-state index is 8.78. The second-order valence-corrected chi connectivity index (χ2v) is 4.90. The zero-order valence-corrected chi connectivity index (χ0v) is 10.9. The molecule has 0 radical (unpaired) electrons. The van der Waals surface area contributed by atoms with E-state index in [0.717, 1.165) is 57.8 Å². The third kappa shape index (κ3) is 9.53. The van der Waals surface area contributed by atoms with E-state index in [0.29, 0.717) is 0 Å². The lowest BCUT2D eigenvalue weighted by molar-refractivity contribution is 0.238. The van der Waals surface area contributed by atoms with Crippen LogP contribution in [0.1, 0.15) is 57.8 Å². The summed E-state index contributed by atoms with van der Waals surface area (Å²) in [7, 11) is 0. The minimum Gasteiger partial charge on any atom is -0.396 e. The van der Waals surface area contributed by atoms with Crippen LogP contribution in [0.2, 0.25) is 0 Å². The van der Waals surface area contributed by atoms with Crippen molar-refractivity contribution in [3.05, 3.63) is 0 Å². The monoisotopic (exact) mass is 247 g/mol. The van der Waals surface area contributed by atoms with E-state index in [-0.39, 0.29) is 25.4 Å². The van der Waals surface area contributed by atoms with Gasteiger partial charge in [0.15, 0.2) is 0 Å². The van der Waals surface area contributed by atoms with Gasteiger partial charge < -0.3 is 21.1 Å². The average Bonchev–Trinajstić information content (AvgIpc) is 2.30. The number of aliphatic hydroxyl groups excluding tert-OH is 3. The summed E-state index contributed by atoms with van der Waals surface area (Å²) in [5.74, 6) is 0. The van der Waals surface area contributed by atoms with Crippen LogP contribution in [0.4, 0.5) is 0 Å². The molecule has 104 valence electrons. The number of rotatable bonds is 12. The van der Waals surface area contributed by atoms with Gasteiger partial charge in [-0.05, 0) is 57.8 Å². The Bertz CT molecular complexity index is 138. The molecule has 0 saturated heterocycles. The number of hydrogen-bond acceptors (Lipinski definition) is 4. The molecule has 0 rings (SSSR count). The molecule has 0 spiro atoms. The Morgan fingerprint density at radius 1 is 0.588 bits per heavy atom. The number of hydrogen-bond donors (Lipinski definition) is 4. The molecule has 0 aliphatic heterocycles. The van der Waals surface area contributed by atoms with Gasteiger partial charge in [0.25, 0.3) is 0 Å². The number of nitrogens with two attached hydrogens (primary N) is 1. The highest BCUT2D eigenvalue weighted by Gasteiger charge is 2.23. The van der Waals surface area contributed by atoms with Gasteiger partial charge in [-0.15, -0.1) is 0 Å². The second kappa shape index (κ2) is 11.0. The van der Waals surface area contributed by atoms with Crippen LogP contribution in [0.5, 0.6) is 0 Å². The lowest BCUT2D eigenvalue weighted by Gasteiger charge is -2.30. The van der Waals surface area contributed by atoms with Crippen molar-refractivity contribution in [3.8, 4) is 0 Å². The van der Waals surface area contributed by atoms with E-state index >= 15 is 0 Å². The van der Waals surface area contributed by atoms with Gasteiger partial charge in [0.05, 0.1) is 0 Å². The Labute approximate surface area is 105 Å². The van der Waals surface area contributed by atoms with E-state index < -0.39 is 0 Å². The first-order chi connectivity index (χ1) is 8.18. The Balaban J connectivity index is 3.95. The quantitative estimate of drug-likeness (QED) is 0.390. The first kappa shape index (κ1) is 16.8. The molecule has 0 heterocycles. The van der Waals surface area contributed by atoms with Crippen LogP contribution in [-0.4, -0.2) is 40.7 Å². The van der Waals surface area contributed by atoms with Crippen molar-refractivity contribution in [1.82, 2.24) is 0 Å². The molecule has 0 aromatic carbocycles. The van der Waals surface area contributed by atoms with E-state index in [1.54, 1.807) is 0 Å². The molecular formula is C13H29NO3. The van der Waals surface area contributed by atoms with Gasteiger partial charge in [-0.2, -0.15) is 0 Å². The minimum absolute atomic E-state index is 0.181. The van der Waals surface area contributed by atoms with Crippen molar-refractivity contribution in [2.75, 3.05) is 19.8 Å². The maximum Gasteiger partial charge on any atom is 0.0431 e. The van der Waals surface area contributed by atoms with Gasteiger partial charge in [0.2, 0.25) is 0 Å². The van der Waals surface area contributed by atoms with Crippen molar-refractivity contribution in [3.63, 3.8) is 0 Å². The summed E-state index contributed by atoms with van der Waals surface area (Å²) in [6, 6.07) is 0. The van der Waals surface area contributed by atoms with Crippen molar-refractivity contribution >= 4 is 0 Å². The molecule has 0 aromatic rings. The molecule has 17 heavy (non-hydrogen) atoms. The van der Waals surface area contributed by atoms with Crippen LogP contribution >= 0.6 is 0 Å². The Morgan fingerprint density at radius 2 is 0.882 bits per heavy atom. The zero-order valence-electron chi connectivity index (χ0n) is 10.9. The molecule has 0 aliphatic rings. The summed E-state index contributed by atoms with van der Waals surface area (Å²) in [4.78, 5) is 0. The van der Waals surface area contributed by atoms with Crippen LogP contribution in [0, 0.1) is 0 Å². The predicted molar refractivity (Wildman–Crippen MR) is 69.7 cm³/mol. The Kier molecular flexibility index (Phi) is 10.9. The van der Waals surface area contributed by atoms with Crippen LogP contribution < -0.4 is 5.73 Å². The van der Waals surface area contributed by atoms with Crippen molar-refractivity contribution in [2.24, 2.45) is 5.73 Å². The number of unbranched alkanes of at least 4 members (excludes halogenated alkanes) is 3. The molecule has 0 aliphatic carbocycles. The Hall–Kier alpha value is -0.160. The topological polar surface area (TPSA) is 86.7 Å². The van der Waals surface area contributed by atoms with Crippen molar-refractivity contribution in [2.45, 2.75) is 63.3 Å². The van der Waals surface area contributed by atoms with E-state index in [2.05, 4.69) is 0 Å². The smallest absolute Gasteiger partial charge is 0.0431 e. The minimum atomic E-state index is -0.181. The molecular weight excluding hydrogens is 218 g/mol. The van der Waals surface area contributed by atoms with Crippen LogP contribution in [0.25, 0.3) is 0 Å². The number of aliphatic hydroxyl groups is 3. The first-order valence-electron chi connectivity index (χ1n) is 6.80. The largest absolute Gasteiger partial charge is 0.396 e. The lowest BCUT2D eigenvalue weighted by atomic mass is 9.83. The highest BCUT2D eigenvalue weighted by molar-refractivity contribution is 4.83. The standard InChI is InChI=1S/C13H29NO3/c14-13(7-1-4-10-15,8-2-5-11-16)9-3-6-12-17/h15-17H,1-12,14H2. The van der Waals surface area contributed by atoms with Gasteiger partial charge in [-0.1, -0.05) is 0 Å². The third-order valence-corrected chi connectivity index (χ3v) is 3.25. The molecule has 5 N–H and O–H groups in total. The second-order valence-electron chi connectivity index (χ2n) is 4.90. The first-order valence-corrected chi connectivity index (χ1v) is 6.80. The SMILES string of the molecule is NC(CCCCO)(CCCCO)CCCCO. The highest BCUT2D eigenvalue weighted by Crippen LogP contribution is 2.24. The maximum absolute atomic E-state index is 8.78. The van der Waals surface area contributed by atoms with E-state index in [4.69, 9.17) is 21.1 Å². The zero-order chi connectivity index (χ0) is 13.0. The highest BCUT2D eigenvalue weighted by atomic mass is 16.3. The fourth-order valence-corrected chi connectivity index (χ4v) is 2.14. The van der Waals surface area contributed by atoms with Crippen LogP contribution in [0.3, 0.4) is 0 Å². The summed E-state index contributed by atoms with van der Waals surface area (Å²) in [6.07, 6.45) is 8.03. The molecule has 0 atom stereocenters. The molecule has 0 bridgehead atoms. The van der Waals surface area contributed by atoms with Crippen LogP contribution in [0.15, 0.2) is 0 Å². The summed E-state index contributed by atoms with van der Waals surface area (Å²) >= 11 is 0. The molecule has 4 nitrogen and oxygen atoms in total. The van der Waals surface area contributed by atoms with Gasteiger partial charge in [0.1, 0.15) is 0 Å². The summed E-state index contributed by atoms with van der Waals surface area (Å²) in [5.41, 5.74) is 6.19. The van der Waals surface area contributed by atoms with Gasteiger partial charge >= 0.3 is 0 Å². The molecule has 0 saturated carbocycles. The molecule has 0 amide bonds. The molecule has 0 aromatic heterocycles. The normalized spacial score (nSPS) is 12.0. The van der Waals surface area contributed by atoms with Crippen LogP contribution in [-0.2, 0) is 0 Å². The fraction of sp³-hybridized carbons (Fsp3) is 1.00. The third-order valence-electron chi connectivity index (χ3n) is 3.25. The average molecular weight is 247 g/mol. The summed E-state index contributed by atoms with van der Waals surface area (Å²) in [6.45, 7) is 0.677. The van der Waals surface area contributed by atoms with Gasteiger partial charge in [-0.3, -0.25) is 0 Å². The van der Waals surface area contributed by atoms with E-state index in [1.165, 1.54) is 0 Å². The summed E-state index contributed by atoms with van der Waals surface area (Å²) < 4.78 is 0. The summed E-state index contributed by atoms with van der Waals surface area (Å²) in [5, 5.41) is 26.4. The van der Waals surface area contributed by atoms with Crippen molar-refractivity contribution < 1.29 is 15.3 Å². The molecule has 4 heteroatoms. The molecule has 0 unspecified atom stereocenters. The fourth-order valence-electron chi connectivity index (χ4n) is 2.14. The van der Waals surface area contributed by atoms with E-state index in [9.17, 15) is 0 Å². The predicted octanol–water partition coefficient (Wildman–Crippen LogP) is 1.17. The van der Waals surface area contributed by atoms with E-state index in [1.807, 2.05) is 0 Å². The van der Waals surface area contributed by atoms with Crippen molar-refractivity contribution in [1.29, 1.82) is 0 Å².